The molecule has 0 aromatic rings. The molecule has 0 aliphatic carbocycles. The molecule has 1 heterocycles. The first-order valence-electron chi connectivity index (χ1n) is 33.5. The fourth-order valence-electron chi connectivity index (χ4n) is 11.8. The van der Waals surface area contributed by atoms with Gasteiger partial charge in [-0.05, 0) is 107 Å². The smallest absolute Gasteiger partial charge is 0.246 e. The highest BCUT2D eigenvalue weighted by molar-refractivity contribution is 6.00. The Labute approximate surface area is 551 Å². The lowest BCUT2D eigenvalue weighted by Gasteiger charge is -2.41. The molecule has 1 rings (SSSR count). The second kappa shape index (κ2) is 38.7. The average molecular weight is 1300 g/mol. The van der Waals surface area contributed by atoms with Crippen LogP contribution in [0.15, 0.2) is 0 Å². The molecule has 0 saturated carbocycles. The number of nitrogens with zero attached hydrogens (tertiary/aromatic N) is 7. The zero-order chi connectivity index (χ0) is 71.3. The first-order valence-corrected chi connectivity index (χ1v) is 33.5. The van der Waals surface area contributed by atoms with Gasteiger partial charge in [-0.2, -0.15) is 0 Å². The Balaban J connectivity index is 4.36. The number of aliphatic hydroxyl groups is 1. The van der Waals surface area contributed by atoms with Crippen molar-refractivity contribution in [3.8, 4) is 0 Å². The molecule has 25 nitrogen and oxygen atoms in total. The molecule has 1 aliphatic heterocycles. The summed E-state index contributed by atoms with van der Waals surface area (Å²) in [6, 6.07) is -13.8. The molecule has 12 amide bonds. The van der Waals surface area contributed by atoms with Crippen LogP contribution in [-0.4, -0.2) is 239 Å². The molecule has 528 valence electrons. The van der Waals surface area contributed by atoms with E-state index in [4.69, 9.17) is 0 Å². The number of carbonyl (C=O) groups excluding carboxylic acids is 12. The van der Waals surface area contributed by atoms with Crippen LogP contribution in [0, 0.1) is 41.4 Å². The van der Waals surface area contributed by atoms with E-state index in [2.05, 4.69) is 26.6 Å². The normalized spacial score (nSPS) is 26.4. The van der Waals surface area contributed by atoms with Gasteiger partial charge >= 0.3 is 0 Å². The third-order valence-corrected chi connectivity index (χ3v) is 17.8. The summed E-state index contributed by atoms with van der Waals surface area (Å²) in [6.45, 7) is 31.5. The topological polar surface area (TPSA) is 308 Å². The van der Waals surface area contributed by atoms with Crippen molar-refractivity contribution in [2.24, 2.45) is 41.4 Å². The number of rotatable bonds is 20. The van der Waals surface area contributed by atoms with Crippen LogP contribution >= 0.6 is 0 Å². The number of carbonyl (C=O) groups is 12. The summed E-state index contributed by atoms with van der Waals surface area (Å²) >= 11 is 0. The van der Waals surface area contributed by atoms with Crippen LogP contribution in [0.4, 0.5) is 0 Å². The van der Waals surface area contributed by atoms with Crippen LogP contribution in [0.1, 0.15) is 189 Å². The molecule has 0 aromatic carbocycles. The van der Waals surface area contributed by atoms with E-state index >= 15 is 19.2 Å². The van der Waals surface area contributed by atoms with Gasteiger partial charge in [0.1, 0.15) is 66.5 Å². The first kappa shape index (κ1) is 83.6. The van der Waals surface area contributed by atoms with Crippen LogP contribution in [0.2, 0.25) is 0 Å². The molecule has 13 atom stereocenters. The third kappa shape index (κ3) is 24.2. The Bertz CT molecular complexity index is 2490. The molecule has 0 aromatic heterocycles. The molecule has 92 heavy (non-hydrogen) atoms. The number of likely N-dealkylation sites (N-methyl/N-ethyl adjacent to an activating group) is 7. The second-order valence-electron chi connectivity index (χ2n) is 28.3. The zero-order valence-electron chi connectivity index (χ0n) is 60.7. The van der Waals surface area contributed by atoms with Crippen molar-refractivity contribution < 1.29 is 62.6 Å². The Hall–Kier alpha value is -6.40. The fraction of sp³-hybridized carbons (Fsp3) is 0.821. The van der Waals surface area contributed by atoms with Crippen molar-refractivity contribution in [2.45, 2.75) is 261 Å². The van der Waals surface area contributed by atoms with Crippen molar-refractivity contribution in [3.05, 3.63) is 0 Å². The maximum absolute atomic E-state index is 15.4. The summed E-state index contributed by atoms with van der Waals surface area (Å²) < 4.78 is 0. The average Bonchev–Trinajstić information content (AvgIpc) is 0.815. The quantitative estimate of drug-likeness (QED) is 0.0948. The lowest BCUT2D eigenvalue weighted by atomic mass is 9.90. The molecule has 0 radical (unpaired) electrons. The predicted octanol–water partition coefficient (Wildman–Crippen LogP) is 3.78. The Morgan fingerprint density at radius 1 is 0.435 bits per heavy atom. The second-order valence-corrected chi connectivity index (χ2v) is 28.3. The molecule has 0 bridgehead atoms. The van der Waals surface area contributed by atoms with Crippen LogP contribution in [0.3, 0.4) is 0 Å². The number of nitrogens with one attached hydrogen (secondary N) is 5. The summed E-state index contributed by atoms with van der Waals surface area (Å²) in [4.78, 5) is 182. The summed E-state index contributed by atoms with van der Waals surface area (Å²) in [5.41, 5.74) is 0. The maximum Gasteiger partial charge on any atom is 0.246 e. The Morgan fingerprint density at radius 3 is 1.30 bits per heavy atom. The number of amides is 12. The van der Waals surface area contributed by atoms with E-state index in [1.165, 1.54) is 102 Å². The first-order chi connectivity index (χ1) is 42.5. The van der Waals surface area contributed by atoms with Crippen molar-refractivity contribution in [1.82, 2.24) is 60.9 Å². The molecular weight excluding hydrogens is 1180 g/mol. The number of aliphatic hydroxyl groups excluding tert-OH is 1. The summed E-state index contributed by atoms with van der Waals surface area (Å²) in [5.74, 6) is -10.0. The van der Waals surface area contributed by atoms with Crippen molar-refractivity contribution in [3.63, 3.8) is 0 Å². The highest BCUT2D eigenvalue weighted by Gasteiger charge is 2.46. The van der Waals surface area contributed by atoms with Crippen LogP contribution in [0.25, 0.3) is 0 Å². The zero-order valence-corrected chi connectivity index (χ0v) is 60.7. The van der Waals surface area contributed by atoms with Gasteiger partial charge in [-0.25, -0.2) is 0 Å². The molecule has 25 heteroatoms. The van der Waals surface area contributed by atoms with Gasteiger partial charge < -0.3 is 66.0 Å². The maximum atomic E-state index is 15.4. The van der Waals surface area contributed by atoms with Crippen LogP contribution < -0.4 is 26.6 Å². The molecular formula is C67H122N12O13. The van der Waals surface area contributed by atoms with Gasteiger partial charge in [-0.15, -0.1) is 0 Å². The van der Waals surface area contributed by atoms with E-state index in [-0.39, 0.29) is 61.7 Å². The Morgan fingerprint density at radius 2 is 0.848 bits per heavy atom. The standard InChI is InChI=1S/C67H122N12O13/c1-26-48-63(88)73(19)46(17)62(87)74(20)50(34-38(4)5)59(84)72-53(41(10)11)66(91)75(21)49(33-37(2)3)58(83)69-44(15)57(82)70-45(16)61(86)76(22)51(35-39(6)7)64(89)77(23)52(36-40(8)9)65(90)78(24)54(42(12)13)67(92)79(25)55(60(85)71-48)56(81)43(14)31-29-27-28-30-32-68-47(18)80/h37-46,48-56,81H,26-36H2,1-25H3,(H,68,80)(H,69,83)(H,70,82)(H,71,85)(H,72,84)/t43-,44+,45-,46-,48+,49+,50+,51+,52+,53+,54?,55+,56-/m1/s1. The number of unbranched alkanes of at least 4 members (excludes halogenated alkanes) is 3. The number of hydrogen-bond donors (Lipinski definition) is 6. The van der Waals surface area contributed by atoms with Gasteiger partial charge in [0, 0.05) is 62.8 Å². The third-order valence-electron chi connectivity index (χ3n) is 17.8. The minimum atomic E-state index is -1.64. The predicted molar refractivity (Wildman–Crippen MR) is 355 cm³/mol. The van der Waals surface area contributed by atoms with Gasteiger partial charge in [0.05, 0.1) is 6.10 Å². The van der Waals surface area contributed by atoms with Crippen molar-refractivity contribution in [1.29, 1.82) is 0 Å². The van der Waals surface area contributed by atoms with Gasteiger partial charge in [-0.1, -0.05) is 116 Å². The molecule has 1 unspecified atom stereocenters. The van der Waals surface area contributed by atoms with E-state index in [1.54, 1.807) is 41.5 Å². The van der Waals surface area contributed by atoms with E-state index in [0.717, 1.165) is 29.1 Å². The fourth-order valence-corrected chi connectivity index (χ4v) is 11.8. The monoisotopic (exact) mass is 1300 g/mol. The van der Waals surface area contributed by atoms with Gasteiger partial charge in [-0.3, -0.25) is 57.5 Å². The SMILES string of the molecule is CC[C@@H]1NC(=O)[C@H]([C@H](O)[C@H](C)CCCCCCNC(C)=O)N(C)C(=O)C(C(C)C)N(C)C(=O)[C@H](CC(C)C)N(C)C(=O)[C@H](CC(C)C)N(C)C(=O)[C@@H](C)NC(=O)[C@H](C)NC(=O)[C@H](CC(C)C)N(C)C(=O)[C@H](C(C)C)NC(=O)[C@H](CC(C)C)N(C)C(=O)[C@@H](C)N(C)C1=O. The minimum Gasteiger partial charge on any atom is -0.390 e. The van der Waals surface area contributed by atoms with Crippen molar-refractivity contribution >= 4 is 70.9 Å². The minimum absolute atomic E-state index is 0.00167. The molecule has 1 saturated heterocycles. The highest BCUT2D eigenvalue weighted by atomic mass is 16.3. The lowest BCUT2D eigenvalue weighted by Crippen LogP contribution is -2.64. The van der Waals surface area contributed by atoms with E-state index in [1.807, 2.05) is 55.4 Å². The summed E-state index contributed by atoms with van der Waals surface area (Å²) in [6.07, 6.45) is 2.36. The highest BCUT2D eigenvalue weighted by Crippen LogP contribution is 2.26. The Kier molecular flexibility index (Phi) is 35.2. The van der Waals surface area contributed by atoms with Gasteiger partial charge in [0.2, 0.25) is 70.9 Å². The van der Waals surface area contributed by atoms with Crippen LogP contribution in [-0.2, 0) is 57.5 Å². The van der Waals surface area contributed by atoms with E-state index < -0.39 is 155 Å². The summed E-state index contributed by atoms with van der Waals surface area (Å²) in [5, 5.41) is 26.2. The molecule has 1 fully saturated rings. The molecule has 0 spiro atoms. The van der Waals surface area contributed by atoms with Crippen molar-refractivity contribution in [2.75, 3.05) is 55.9 Å². The molecule has 1 aliphatic rings. The van der Waals surface area contributed by atoms with E-state index in [9.17, 15) is 43.5 Å². The summed E-state index contributed by atoms with van der Waals surface area (Å²) in [7, 11) is 9.95. The van der Waals surface area contributed by atoms with Gasteiger partial charge in [0.25, 0.3) is 0 Å². The largest absolute Gasteiger partial charge is 0.390 e. The van der Waals surface area contributed by atoms with Crippen LogP contribution in [0.5, 0.6) is 0 Å². The lowest BCUT2D eigenvalue weighted by molar-refractivity contribution is -0.157. The van der Waals surface area contributed by atoms with E-state index in [0.29, 0.717) is 19.4 Å². The van der Waals surface area contributed by atoms with Gasteiger partial charge in [0.15, 0.2) is 0 Å². The molecule has 6 N–H and O–H groups in total. The number of hydrogen-bond acceptors (Lipinski definition) is 13.